The van der Waals surface area contributed by atoms with E-state index in [0.29, 0.717) is 10.8 Å². The number of nitrogens with zero attached hydrogens (tertiary/aromatic N) is 6. The predicted molar refractivity (Wildman–Crippen MR) is 82.7 cm³/mol. The molecule has 0 radical (unpaired) electrons. The Morgan fingerprint density at radius 1 is 1.26 bits per heavy atom. The minimum atomic E-state index is -0.337. The molecule has 0 aliphatic rings. The van der Waals surface area contributed by atoms with Crippen LogP contribution in [0.4, 0.5) is 0 Å². The molecule has 0 aliphatic heterocycles. The number of tetrazole rings is 1. The summed E-state index contributed by atoms with van der Waals surface area (Å²) in [5, 5.41) is 7.89. The van der Waals surface area contributed by atoms with Gasteiger partial charge in [-0.3, -0.25) is 0 Å². The predicted octanol–water partition coefficient (Wildman–Crippen LogP) is 1.30. The molecule has 0 fully saturated rings. The average Bonchev–Trinajstić information content (AvgIpc) is 2.86. The number of aryl methyl sites for hydroxylation is 2. The van der Waals surface area contributed by atoms with Crippen molar-refractivity contribution in [2.24, 2.45) is 7.05 Å². The van der Waals surface area contributed by atoms with Gasteiger partial charge in [-0.05, 0) is 35.0 Å². The average molecular weight is 333 g/mol. The zero-order chi connectivity index (χ0) is 16.4. The Kier molecular flexibility index (Phi) is 4.07. The van der Waals surface area contributed by atoms with Crippen molar-refractivity contribution in [1.82, 2.24) is 29.8 Å². The summed E-state index contributed by atoms with van der Waals surface area (Å²) < 4.78 is 7.97. The van der Waals surface area contributed by atoms with Gasteiger partial charge >= 0.3 is 11.7 Å². The molecule has 0 unspecified atom stereocenters. The van der Waals surface area contributed by atoms with Crippen LogP contribution in [0.25, 0.3) is 5.69 Å². The minimum Gasteiger partial charge on any atom is -0.458 e. The standard InChI is InChI=1S/C14H13ClN6O2/c1-9-4-3-5-11(21-14(22)20(2)18-19-21)10(9)8-23-13-16-7-6-12(15)17-13/h3-7H,8H2,1-2H3. The second-order valence-corrected chi connectivity index (χ2v) is 5.21. The van der Waals surface area contributed by atoms with Gasteiger partial charge < -0.3 is 4.74 Å². The second kappa shape index (κ2) is 6.17. The zero-order valence-corrected chi connectivity index (χ0v) is 13.2. The van der Waals surface area contributed by atoms with E-state index >= 15 is 0 Å². The normalized spacial score (nSPS) is 10.7. The lowest BCUT2D eigenvalue weighted by molar-refractivity contribution is 0.279. The molecule has 1 aromatic carbocycles. The van der Waals surface area contributed by atoms with Crippen molar-refractivity contribution in [1.29, 1.82) is 0 Å². The molecule has 0 bridgehead atoms. The number of hydrogen-bond acceptors (Lipinski definition) is 6. The Labute approximate surface area is 136 Å². The maximum absolute atomic E-state index is 12.1. The highest BCUT2D eigenvalue weighted by Crippen LogP contribution is 2.19. The molecule has 3 aromatic rings. The number of aromatic nitrogens is 6. The molecule has 0 spiro atoms. The lowest BCUT2D eigenvalue weighted by atomic mass is 10.1. The van der Waals surface area contributed by atoms with Crippen molar-refractivity contribution in [3.63, 3.8) is 0 Å². The fourth-order valence-electron chi connectivity index (χ4n) is 2.06. The summed E-state index contributed by atoms with van der Waals surface area (Å²) >= 11 is 5.81. The summed E-state index contributed by atoms with van der Waals surface area (Å²) in [6.07, 6.45) is 1.51. The molecule has 2 aromatic heterocycles. The molecule has 23 heavy (non-hydrogen) atoms. The Balaban J connectivity index is 1.96. The molecule has 0 N–H and O–H groups in total. The van der Waals surface area contributed by atoms with E-state index in [1.807, 2.05) is 19.1 Å². The lowest BCUT2D eigenvalue weighted by Gasteiger charge is -2.11. The molecule has 2 heterocycles. The van der Waals surface area contributed by atoms with E-state index in [1.54, 1.807) is 12.1 Å². The van der Waals surface area contributed by atoms with E-state index in [0.717, 1.165) is 15.8 Å². The van der Waals surface area contributed by atoms with Crippen LogP contribution in [0.3, 0.4) is 0 Å². The van der Waals surface area contributed by atoms with Gasteiger partial charge in [-0.15, -0.1) is 0 Å². The van der Waals surface area contributed by atoms with Gasteiger partial charge in [-0.2, -0.15) is 14.3 Å². The van der Waals surface area contributed by atoms with Gasteiger partial charge in [0.05, 0.1) is 5.69 Å². The Hall–Kier alpha value is -2.74. The van der Waals surface area contributed by atoms with Gasteiger partial charge in [0.15, 0.2) is 0 Å². The third-order valence-electron chi connectivity index (χ3n) is 3.28. The number of ether oxygens (including phenoxy) is 1. The molecular formula is C14H13ClN6O2. The maximum Gasteiger partial charge on any atom is 0.368 e. The van der Waals surface area contributed by atoms with Gasteiger partial charge in [0.1, 0.15) is 11.8 Å². The first kappa shape index (κ1) is 15.2. The quantitative estimate of drug-likeness (QED) is 0.669. The van der Waals surface area contributed by atoms with Crippen molar-refractivity contribution in [3.8, 4) is 11.7 Å². The van der Waals surface area contributed by atoms with Crippen LogP contribution in [-0.4, -0.2) is 29.8 Å². The molecule has 0 atom stereocenters. The Morgan fingerprint density at radius 3 is 2.78 bits per heavy atom. The van der Waals surface area contributed by atoms with Crippen LogP contribution >= 0.6 is 11.6 Å². The molecule has 8 nitrogen and oxygen atoms in total. The van der Waals surface area contributed by atoms with E-state index in [2.05, 4.69) is 20.4 Å². The van der Waals surface area contributed by atoms with Crippen LogP contribution in [0, 0.1) is 6.92 Å². The monoisotopic (exact) mass is 332 g/mol. The molecule has 0 amide bonds. The highest BCUT2D eigenvalue weighted by molar-refractivity contribution is 6.29. The molecule has 0 saturated heterocycles. The van der Waals surface area contributed by atoms with Crippen molar-refractivity contribution in [2.75, 3.05) is 0 Å². The number of rotatable bonds is 4. The van der Waals surface area contributed by atoms with Gasteiger partial charge in [0.2, 0.25) is 0 Å². The summed E-state index contributed by atoms with van der Waals surface area (Å²) in [7, 11) is 1.54. The maximum atomic E-state index is 12.1. The summed E-state index contributed by atoms with van der Waals surface area (Å²) in [6, 6.07) is 7.26. The first-order valence-electron chi connectivity index (χ1n) is 6.75. The topological polar surface area (TPSA) is 87.7 Å². The van der Waals surface area contributed by atoms with Gasteiger partial charge in [-0.1, -0.05) is 23.7 Å². The lowest BCUT2D eigenvalue weighted by Crippen LogP contribution is -2.23. The van der Waals surface area contributed by atoms with E-state index in [9.17, 15) is 4.79 Å². The van der Waals surface area contributed by atoms with E-state index in [-0.39, 0.29) is 18.3 Å². The first-order valence-corrected chi connectivity index (χ1v) is 7.13. The number of hydrogen-bond donors (Lipinski definition) is 0. The fourth-order valence-corrected chi connectivity index (χ4v) is 2.19. The fraction of sp³-hybridized carbons (Fsp3) is 0.214. The second-order valence-electron chi connectivity index (χ2n) is 4.82. The molecule has 9 heteroatoms. The SMILES string of the molecule is Cc1cccc(-n2nnn(C)c2=O)c1COc1nccc(Cl)n1. The highest BCUT2D eigenvalue weighted by Gasteiger charge is 2.14. The number of benzene rings is 1. The molecule has 3 rings (SSSR count). The van der Waals surface area contributed by atoms with Crippen LogP contribution < -0.4 is 10.4 Å². The third kappa shape index (κ3) is 3.07. The molecule has 0 saturated carbocycles. The zero-order valence-electron chi connectivity index (χ0n) is 12.5. The Morgan fingerprint density at radius 2 is 2.09 bits per heavy atom. The summed E-state index contributed by atoms with van der Waals surface area (Å²) in [4.78, 5) is 20.0. The van der Waals surface area contributed by atoms with Crippen LogP contribution in [0.5, 0.6) is 6.01 Å². The third-order valence-corrected chi connectivity index (χ3v) is 3.49. The van der Waals surface area contributed by atoms with Crippen LogP contribution in [0.1, 0.15) is 11.1 Å². The molecule has 0 aliphatic carbocycles. The van der Waals surface area contributed by atoms with E-state index in [4.69, 9.17) is 16.3 Å². The van der Waals surface area contributed by atoms with Crippen molar-refractivity contribution >= 4 is 11.6 Å². The van der Waals surface area contributed by atoms with E-state index < -0.39 is 0 Å². The molecular weight excluding hydrogens is 320 g/mol. The number of halogens is 1. The smallest absolute Gasteiger partial charge is 0.368 e. The van der Waals surface area contributed by atoms with Crippen LogP contribution in [0.15, 0.2) is 35.3 Å². The largest absolute Gasteiger partial charge is 0.458 e. The highest BCUT2D eigenvalue weighted by atomic mass is 35.5. The van der Waals surface area contributed by atoms with E-state index in [1.165, 1.54) is 17.9 Å². The van der Waals surface area contributed by atoms with Gasteiger partial charge in [-0.25, -0.2) is 9.78 Å². The summed E-state index contributed by atoms with van der Waals surface area (Å²) in [5.74, 6) is 0. The van der Waals surface area contributed by atoms with Gasteiger partial charge in [0.25, 0.3) is 0 Å². The summed E-state index contributed by atoms with van der Waals surface area (Å²) in [5.41, 5.74) is 2.00. The molecule has 118 valence electrons. The van der Waals surface area contributed by atoms with Crippen molar-refractivity contribution in [3.05, 3.63) is 57.2 Å². The van der Waals surface area contributed by atoms with Crippen LogP contribution in [-0.2, 0) is 13.7 Å². The van der Waals surface area contributed by atoms with Crippen molar-refractivity contribution < 1.29 is 4.74 Å². The Bertz CT molecular complexity index is 904. The van der Waals surface area contributed by atoms with Gasteiger partial charge in [0, 0.05) is 18.8 Å². The minimum absolute atomic E-state index is 0.165. The van der Waals surface area contributed by atoms with Crippen LogP contribution in [0.2, 0.25) is 5.15 Å². The van der Waals surface area contributed by atoms with Crippen molar-refractivity contribution in [2.45, 2.75) is 13.5 Å². The first-order chi connectivity index (χ1) is 11.1. The summed E-state index contributed by atoms with van der Waals surface area (Å²) in [6.45, 7) is 2.09.